The molecule has 0 spiro atoms. The Morgan fingerprint density at radius 1 is 0.282 bits per heavy atom. The Balaban J connectivity index is 2.33. The Morgan fingerprint density at radius 2 is 0.487 bits per heavy atom. The Kier molecular flexibility index (Phi) is 17.5. The molecular formula is C39H64. The van der Waals surface area contributed by atoms with E-state index in [1.54, 1.807) is 44.5 Å². The summed E-state index contributed by atoms with van der Waals surface area (Å²) in [6, 6.07) is 10.1. The van der Waals surface area contributed by atoms with Crippen LogP contribution in [0.1, 0.15) is 170 Å². The molecule has 0 unspecified atom stereocenters. The third-order valence-corrected chi connectivity index (χ3v) is 8.86. The van der Waals surface area contributed by atoms with Gasteiger partial charge in [-0.05, 0) is 141 Å². The monoisotopic (exact) mass is 533 g/mol. The van der Waals surface area contributed by atoms with Gasteiger partial charge < -0.3 is 0 Å². The summed E-state index contributed by atoms with van der Waals surface area (Å²) in [7, 11) is 0. The fraction of sp³-hybridized carbons (Fsp3) is 0.692. The molecule has 0 heterocycles. The maximum atomic E-state index is 2.53. The molecule has 0 bridgehead atoms. The summed E-state index contributed by atoms with van der Waals surface area (Å²) in [5, 5.41) is 0. The second-order valence-electron chi connectivity index (χ2n) is 12.2. The van der Waals surface area contributed by atoms with E-state index in [-0.39, 0.29) is 0 Å². The van der Waals surface area contributed by atoms with E-state index in [4.69, 9.17) is 0 Å². The molecule has 0 heteroatoms. The van der Waals surface area contributed by atoms with E-state index >= 15 is 0 Å². The Labute approximate surface area is 244 Å². The first kappa shape index (κ1) is 33.6. The van der Waals surface area contributed by atoms with E-state index in [1.807, 2.05) is 0 Å². The molecule has 0 fully saturated rings. The summed E-state index contributed by atoms with van der Waals surface area (Å²) in [5.41, 5.74) is 13.6. The van der Waals surface area contributed by atoms with Gasteiger partial charge in [0.1, 0.15) is 0 Å². The number of aryl methyl sites for hydroxylation is 4. The van der Waals surface area contributed by atoms with E-state index in [0.29, 0.717) is 0 Å². The van der Waals surface area contributed by atoms with Gasteiger partial charge in [-0.2, -0.15) is 0 Å². The molecule has 0 N–H and O–H groups in total. The lowest BCUT2D eigenvalue weighted by molar-refractivity contribution is 0.712. The van der Waals surface area contributed by atoms with Crippen LogP contribution in [0.25, 0.3) is 0 Å². The molecule has 2 aromatic carbocycles. The van der Waals surface area contributed by atoms with Gasteiger partial charge in [-0.3, -0.25) is 0 Å². The topological polar surface area (TPSA) is 0 Å². The maximum Gasteiger partial charge on any atom is -0.0273 e. The van der Waals surface area contributed by atoms with Crippen LogP contribution < -0.4 is 0 Å². The highest BCUT2D eigenvalue weighted by Crippen LogP contribution is 2.29. The fourth-order valence-electron chi connectivity index (χ4n) is 6.38. The standard InChI is InChI=1S/C39H64/c1-7-13-20-32-28-30-34(38(26-17-11-5)36(32)24-15-9-3)22-19-23-35-31-29-33(21-14-8-2)37(25-16-10-4)39(35)27-18-12-6/h28-31H,7-27H2,1-6H3. The van der Waals surface area contributed by atoms with E-state index in [9.17, 15) is 0 Å². The lowest BCUT2D eigenvalue weighted by atomic mass is 9.84. The molecule has 220 valence electrons. The smallest absolute Gasteiger partial charge is 0.0273 e. The third-order valence-electron chi connectivity index (χ3n) is 8.86. The van der Waals surface area contributed by atoms with Crippen LogP contribution in [0.5, 0.6) is 0 Å². The number of hydrogen-bond donors (Lipinski definition) is 0. The van der Waals surface area contributed by atoms with Crippen LogP contribution in [0, 0.1) is 0 Å². The largest absolute Gasteiger partial charge is 0.0654 e. The summed E-state index contributed by atoms with van der Waals surface area (Å²) >= 11 is 0. The molecule has 39 heavy (non-hydrogen) atoms. The van der Waals surface area contributed by atoms with Gasteiger partial charge in [-0.25, -0.2) is 0 Å². The van der Waals surface area contributed by atoms with Crippen LogP contribution >= 0.6 is 0 Å². The van der Waals surface area contributed by atoms with E-state index in [1.165, 1.54) is 135 Å². The predicted octanol–water partition coefficient (Wildman–Crippen LogP) is 11.9. The first-order chi connectivity index (χ1) is 19.1. The van der Waals surface area contributed by atoms with E-state index in [2.05, 4.69) is 65.8 Å². The van der Waals surface area contributed by atoms with Crippen molar-refractivity contribution >= 4 is 0 Å². The van der Waals surface area contributed by atoms with Crippen molar-refractivity contribution in [3.63, 3.8) is 0 Å². The SMILES string of the molecule is CCCCc1ccc(CCCc2ccc(CCCC)c(CCCC)c2CCCC)c(CCCC)c1CCCC. The molecule has 0 nitrogen and oxygen atoms in total. The van der Waals surface area contributed by atoms with Gasteiger partial charge in [-0.1, -0.05) is 104 Å². The zero-order chi connectivity index (χ0) is 28.3. The molecule has 0 amide bonds. The average molecular weight is 533 g/mol. The Morgan fingerprint density at radius 3 is 0.718 bits per heavy atom. The Hall–Kier alpha value is -1.56. The third kappa shape index (κ3) is 11.1. The van der Waals surface area contributed by atoms with Gasteiger partial charge in [0.05, 0.1) is 0 Å². The van der Waals surface area contributed by atoms with Gasteiger partial charge in [0.15, 0.2) is 0 Å². The fourth-order valence-corrected chi connectivity index (χ4v) is 6.38. The molecule has 2 aromatic rings. The van der Waals surface area contributed by atoms with Gasteiger partial charge in [0.2, 0.25) is 0 Å². The van der Waals surface area contributed by atoms with Crippen molar-refractivity contribution in [2.45, 2.75) is 176 Å². The second kappa shape index (κ2) is 20.3. The highest BCUT2D eigenvalue weighted by atomic mass is 14.2. The van der Waals surface area contributed by atoms with Crippen molar-refractivity contribution in [2.24, 2.45) is 0 Å². The summed E-state index contributed by atoms with van der Waals surface area (Å²) < 4.78 is 0. The maximum absolute atomic E-state index is 2.53. The van der Waals surface area contributed by atoms with E-state index < -0.39 is 0 Å². The minimum absolute atomic E-state index is 1.24. The van der Waals surface area contributed by atoms with Crippen LogP contribution in [0.4, 0.5) is 0 Å². The van der Waals surface area contributed by atoms with Crippen molar-refractivity contribution in [3.05, 3.63) is 68.8 Å². The van der Waals surface area contributed by atoms with Crippen LogP contribution in [0.2, 0.25) is 0 Å². The molecule has 0 atom stereocenters. The predicted molar refractivity (Wildman–Crippen MR) is 177 cm³/mol. The average Bonchev–Trinajstić information content (AvgIpc) is 2.95. The minimum Gasteiger partial charge on any atom is -0.0654 e. The van der Waals surface area contributed by atoms with Crippen molar-refractivity contribution in [3.8, 4) is 0 Å². The molecule has 2 rings (SSSR count). The highest BCUT2D eigenvalue weighted by molar-refractivity contribution is 5.44. The molecule has 0 aliphatic rings. The second-order valence-corrected chi connectivity index (χ2v) is 12.2. The van der Waals surface area contributed by atoms with Crippen molar-refractivity contribution in [2.75, 3.05) is 0 Å². The Bertz CT molecular complexity index is 843. The zero-order valence-electron chi connectivity index (χ0n) is 27.2. The van der Waals surface area contributed by atoms with Crippen LogP contribution in [-0.4, -0.2) is 0 Å². The quantitative estimate of drug-likeness (QED) is 0.141. The van der Waals surface area contributed by atoms with Crippen LogP contribution in [0.3, 0.4) is 0 Å². The molecule has 0 saturated carbocycles. The normalized spacial score (nSPS) is 11.4. The highest BCUT2D eigenvalue weighted by Gasteiger charge is 2.16. The number of unbranched alkanes of at least 4 members (excludes halogenated alkanes) is 6. The first-order valence-corrected chi connectivity index (χ1v) is 17.4. The minimum atomic E-state index is 1.24. The van der Waals surface area contributed by atoms with Crippen molar-refractivity contribution in [1.82, 2.24) is 0 Å². The molecule has 0 saturated heterocycles. The van der Waals surface area contributed by atoms with Crippen LogP contribution in [0.15, 0.2) is 24.3 Å². The molecule has 0 radical (unpaired) electrons. The summed E-state index contributed by atoms with van der Waals surface area (Å²) in [6.07, 6.45) is 27.1. The zero-order valence-corrected chi connectivity index (χ0v) is 27.2. The lowest BCUT2D eigenvalue weighted by Crippen LogP contribution is -2.08. The van der Waals surface area contributed by atoms with Gasteiger partial charge in [0.25, 0.3) is 0 Å². The van der Waals surface area contributed by atoms with E-state index in [0.717, 1.165) is 0 Å². The summed E-state index contributed by atoms with van der Waals surface area (Å²) in [4.78, 5) is 0. The van der Waals surface area contributed by atoms with Crippen LogP contribution in [-0.2, 0) is 51.4 Å². The van der Waals surface area contributed by atoms with Crippen molar-refractivity contribution < 1.29 is 0 Å². The molecule has 0 aliphatic carbocycles. The lowest BCUT2D eigenvalue weighted by Gasteiger charge is -2.21. The van der Waals surface area contributed by atoms with Gasteiger partial charge in [-0.15, -0.1) is 0 Å². The van der Waals surface area contributed by atoms with Gasteiger partial charge >= 0.3 is 0 Å². The number of benzene rings is 2. The van der Waals surface area contributed by atoms with Gasteiger partial charge in [0, 0.05) is 0 Å². The molecule has 0 aliphatic heterocycles. The molecular weight excluding hydrogens is 468 g/mol. The number of rotatable bonds is 22. The van der Waals surface area contributed by atoms with Crippen molar-refractivity contribution in [1.29, 1.82) is 0 Å². The first-order valence-electron chi connectivity index (χ1n) is 17.4. The number of hydrogen-bond acceptors (Lipinski definition) is 0. The summed E-state index contributed by atoms with van der Waals surface area (Å²) in [5.74, 6) is 0. The summed E-state index contributed by atoms with van der Waals surface area (Å²) in [6.45, 7) is 14.1. The molecule has 0 aromatic heterocycles.